The highest BCUT2D eigenvalue weighted by Crippen LogP contribution is 2.39. The molecule has 56 heavy (non-hydrogen) atoms. The van der Waals surface area contributed by atoms with Gasteiger partial charge in [-0.15, -0.1) is 0 Å². The number of carboxylic acids is 1. The number of aromatic nitrogens is 2. The van der Waals surface area contributed by atoms with Crippen LogP contribution in [0.1, 0.15) is 40.0 Å². The van der Waals surface area contributed by atoms with E-state index in [0.29, 0.717) is 71.7 Å². The molecule has 292 valence electrons. The lowest BCUT2D eigenvalue weighted by Crippen LogP contribution is -2.33. The molecule has 3 aromatic carbocycles. The molecule has 2 amide bonds. The van der Waals surface area contributed by atoms with Gasteiger partial charge in [-0.3, -0.25) is 24.6 Å². The molecule has 2 atom stereocenters. The number of carboxylic acid groups (broad SMARTS) is 1. The van der Waals surface area contributed by atoms with Crippen LogP contribution in [0.25, 0.3) is 11.1 Å². The second-order valence-electron chi connectivity index (χ2n) is 12.7. The number of fused-ring (bicyclic) bond motifs is 1. The number of nitrogen functional groups attached to an aromatic ring is 1. The molecule has 1 fully saturated rings. The van der Waals surface area contributed by atoms with Crippen LogP contribution in [0.5, 0.6) is 5.88 Å². The minimum atomic E-state index is -5.08. The topological polar surface area (TPSA) is 230 Å². The molecule has 0 aliphatic carbocycles. The van der Waals surface area contributed by atoms with Gasteiger partial charge in [0.1, 0.15) is 30.8 Å². The fraction of sp³-hybridized carbons (Fsp3) is 0.263. The number of nitrogens with two attached hydrogens (primary N) is 1. The van der Waals surface area contributed by atoms with Crippen molar-refractivity contribution in [1.82, 2.24) is 20.6 Å². The number of alkyl halides is 3. The van der Waals surface area contributed by atoms with Gasteiger partial charge in [0.05, 0.1) is 30.1 Å². The summed E-state index contributed by atoms with van der Waals surface area (Å²) in [4.78, 5) is 80.6. The average molecular weight is 777 g/mol. The first-order valence-electron chi connectivity index (χ1n) is 17.0. The molecule has 0 radical (unpaired) electrons. The summed E-state index contributed by atoms with van der Waals surface area (Å²) in [6, 6.07) is 21.0. The van der Waals surface area contributed by atoms with Crippen molar-refractivity contribution >= 4 is 53.6 Å². The van der Waals surface area contributed by atoms with Gasteiger partial charge in [0.15, 0.2) is 0 Å². The van der Waals surface area contributed by atoms with E-state index in [1.165, 1.54) is 4.90 Å². The second kappa shape index (κ2) is 17.2. The first-order chi connectivity index (χ1) is 26.7. The highest BCUT2D eigenvalue weighted by atomic mass is 19.4. The van der Waals surface area contributed by atoms with E-state index in [0.717, 1.165) is 11.1 Å². The van der Waals surface area contributed by atoms with Crippen LogP contribution in [-0.2, 0) is 41.7 Å². The smallest absolute Gasteiger partial charge is 0.478 e. The number of hydrogen-bond donors (Lipinski definition) is 4. The fourth-order valence-corrected chi connectivity index (χ4v) is 5.85. The van der Waals surface area contributed by atoms with Gasteiger partial charge in [0.25, 0.3) is 11.8 Å². The molecular formula is C38H35F3N6O9. The number of carbonyl (C=O) groups is 6. The summed E-state index contributed by atoms with van der Waals surface area (Å²) in [5.41, 5.74) is 9.53. The minimum Gasteiger partial charge on any atom is -0.478 e. The maximum absolute atomic E-state index is 13.7. The van der Waals surface area contributed by atoms with Crippen molar-refractivity contribution in [2.24, 2.45) is 0 Å². The number of benzene rings is 3. The molecule has 1 aromatic heterocycles. The Morgan fingerprint density at radius 1 is 1.00 bits per heavy atom. The van der Waals surface area contributed by atoms with Gasteiger partial charge in [0, 0.05) is 23.7 Å². The molecule has 6 rings (SSSR count). The summed E-state index contributed by atoms with van der Waals surface area (Å²) in [6.07, 6.45) is -2.82. The summed E-state index contributed by atoms with van der Waals surface area (Å²) >= 11 is 0. The van der Waals surface area contributed by atoms with Crippen LogP contribution in [0.2, 0.25) is 0 Å². The molecule has 18 heteroatoms. The normalized spacial score (nSPS) is 17.3. The third kappa shape index (κ3) is 9.69. The standard InChI is InChI=1S/C36H34N6O7.C2HF3O2/c1-22-16-30(40-35(37)39-22)48-15-5-6-23-9-11-29-27(17-23)33(46)38-19-31(45)42(29)28-12-10-24(18-26(28)25-7-3-2-4-8-25)20-49-34(47)32-36(21-44,41-32)13-14-43;3-2(4,5)1(6)7/h2-4,7-12,14,16-18,21,32,41H,5-6,13,15,19-20H2,1H3,(H,38,46)(H2,37,39,40);(H,6,7). The first-order valence-corrected chi connectivity index (χ1v) is 17.0. The van der Waals surface area contributed by atoms with E-state index >= 15 is 0 Å². The number of halogens is 3. The third-order valence-electron chi connectivity index (χ3n) is 8.63. The Kier molecular flexibility index (Phi) is 12.4. The zero-order chi connectivity index (χ0) is 40.6. The third-order valence-corrected chi connectivity index (χ3v) is 8.63. The van der Waals surface area contributed by atoms with Gasteiger partial charge in [-0.2, -0.15) is 18.2 Å². The van der Waals surface area contributed by atoms with Crippen molar-refractivity contribution in [2.45, 2.75) is 50.6 Å². The predicted octanol–water partition coefficient (Wildman–Crippen LogP) is 3.63. The van der Waals surface area contributed by atoms with Crippen LogP contribution in [0, 0.1) is 6.92 Å². The quantitative estimate of drug-likeness (QED) is 0.0659. The van der Waals surface area contributed by atoms with Crippen LogP contribution in [0.4, 0.5) is 30.5 Å². The molecular weight excluding hydrogens is 741 g/mol. The monoisotopic (exact) mass is 776 g/mol. The molecule has 2 aliphatic rings. The van der Waals surface area contributed by atoms with Gasteiger partial charge < -0.3 is 35.2 Å². The van der Waals surface area contributed by atoms with Gasteiger partial charge in [-0.1, -0.05) is 42.5 Å². The minimum absolute atomic E-state index is 0.102. The number of aliphatic carboxylic acids is 1. The zero-order valence-electron chi connectivity index (χ0n) is 29.7. The van der Waals surface area contributed by atoms with Gasteiger partial charge in [0.2, 0.25) is 11.8 Å². The predicted molar refractivity (Wildman–Crippen MR) is 193 cm³/mol. The molecule has 2 aliphatic heterocycles. The van der Waals surface area contributed by atoms with E-state index in [2.05, 4.69) is 20.6 Å². The summed E-state index contributed by atoms with van der Waals surface area (Å²) in [5.74, 6) is -3.55. The zero-order valence-corrected chi connectivity index (χ0v) is 29.7. The van der Waals surface area contributed by atoms with Crippen molar-refractivity contribution in [2.75, 3.05) is 23.8 Å². The van der Waals surface area contributed by atoms with Crippen molar-refractivity contribution in [1.29, 1.82) is 0 Å². The highest BCUT2D eigenvalue weighted by Gasteiger charge is 2.59. The molecule has 0 saturated carbocycles. The van der Waals surface area contributed by atoms with Crippen LogP contribution in [-0.4, -0.2) is 82.3 Å². The van der Waals surface area contributed by atoms with Crippen LogP contribution >= 0.6 is 0 Å². The molecule has 1 saturated heterocycles. The number of aldehydes is 2. The Labute approximate surface area is 317 Å². The maximum Gasteiger partial charge on any atom is 0.490 e. The molecule has 0 bridgehead atoms. The summed E-state index contributed by atoms with van der Waals surface area (Å²) in [6.45, 7) is 1.87. The number of carbonyl (C=O) groups excluding carboxylic acids is 5. The van der Waals surface area contributed by atoms with Crippen molar-refractivity contribution < 1.29 is 56.5 Å². The van der Waals surface area contributed by atoms with Gasteiger partial charge >= 0.3 is 18.1 Å². The lowest BCUT2D eigenvalue weighted by atomic mass is 9.98. The van der Waals surface area contributed by atoms with Crippen LogP contribution in [0.15, 0.2) is 72.8 Å². The van der Waals surface area contributed by atoms with E-state index in [-0.39, 0.29) is 37.3 Å². The van der Waals surface area contributed by atoms with E-state index in [9.17, 15) is 37.1 Å². The maximum atomic E-state index is 13.7. The second-order valence-corrected chi connectivity index (χ2v) is 12.7. The van der Waals surface area contributed by atoms with E-state index < -0.39 is 29.7 Å². The van der Waals surface area contributed by atoms with Crippen LogP contribution in [0.3, 0.4) is 0 Å². The number of nitrogens with zero attached hydrogens (tertiary/aromatic N) is 3. The number of esters is 1. The SMILES string of the molecule is Cc1cc(OCCCc2ccc3c(c2)C(=O)NCC(=O)N3c2ccc(COC(=O)C3NC3(C=O)CC=O)cc2-c2ccccc2)nc(N)n1.O=C(O)C(F)(F)F. The average Bonchev–Trinajstić information content (AvgIpc) is 3.91. The lowest BCUT2D eigenvalue weighted by molar-refractivity contribution is -0.192. The van der Waals surface area contributed by atoms with Crippen molar-refractivity contribution in [3.63, 3.8) is 0 Å². The number of rotatable bonds is 13. The van der Waals surface area contributed by atoms with E-state index in [4.69, 9.17) is 25.1 Å². The molecule has 5 N–H and O–H groups in total. The van der Waals surface area contributed by atoms with Gasteiger partial charge in [-0.05, 0) is 60.7 Å². The van der Waals surface area contributed by atoms with Gasteiger partial charge in [-0.25, -0.2) is 9.78 Å². The number of ether oxygens (including phenoxy) is 2. The Hall–Kier alpha value is -6.69. The lowest BCUT2D eigenvalue weighted by Gasteiger charge is -2.26. The first kappa shape index (κ1) is 40.5. The van der Waals surface area contributed by atoms with E-state index in [1.54, 1.807) is 37.3 Å². The highest BCUT2D eigenvalue weighted by molar-refractivity contribution is 6.14. The molecule has 2 unspecified atom stereocenters. The molecule has 3 heterocycles. The number of amides is 2. The van der Waals surface area contributed by atoms with Crippen molar-refractivity contribution in [3.05, 3.63) is 95.2 Å². The Bertz CT molecular complexity index is 2130. The molecule has 4 aromatic rings. The van der Waals surface area contributed by atoms with Crippen LogP contribution < -0.4 is 26.0 Å². The number of anilines is 3. The number of aryl methyl sites for hydroxylation is 2. The Morgan fingerprint density at radius 2 is 1.66 bits per heavy atom. The summed E-state index contributed by atoms with van der Waals surface area (Å²) in [7, 11) is 0. The summed E-state index contributed by atoms with van der Waals surface area (Å²) in [5, 5.41) is 12.6. The fourth-order valence-electron chi connectivity index (χ4n) is 5.85. The molecule has 15 nitrogen and oxygen atoms in total. The van der Waals surface area contributed by atoms with Crippen molar-refractivity contribution in [3.8, 4) is 17.0 Å². The Morgan fingerprint density at radius 3 is 2.30 bits per heavy atom. The number of hydrogen-bond acceptors (Lipinski definition) is 12. The Balaban J connectivity index is 0.000000784. The van der Waals surface area contributed by atoms with E-state index in [1.807, 2.05) is 42.5 Å². The molecule has 0 spiro atoms. The largest absolute Gasteiger partial charge is 0.490 e. The summed E-state index contributed by atoms with van der Waals surface area (Å²) < 4.78 is 43.0. The number of nitrogens with one attached hydrogen (secondary N) is 2.